The van der Waals surface area contributed by atoms with Crippen LogP contribution >= 0.6 is 27.5 Å². The van der Waals surface area contributed by atoms with Gasteiger partial charge in [0.2, 0.25) is 0 Å². The molecule has 2 nitrogen and oxygen atoms in total. The summed E-state index contributed by atoms with van der Waals surface area (Å²) in [6.07, 6.45) is 0. The van der Waals surface area contributed by atoms with Gasteiger partial charge in [0.15, 0.2) is 0 Å². The van der Waals surface area contributed by atoms with Crippen molar-refractivity contribution in [1.29, 1.82) is 0 Å². The number of carbonyl (C=O) groups excluding carboxylic acids is 1. The van der Waals surface area contributed by atoms with E-state index >= 15 is 0 Å². The molecule has 1 amide bonds. The van der Waals surface area contributed by atoms with Gasteiger partial charge in [-0.05, 0) is 18.2 Å². The molecule has 0 unspecified atom stereocenters. The molecule has 0 spiro atoms. The minimum Gasteiger partial charge on any atom is -0.303 e. The van der Waals surface area contributed by atoms with E-state index in [9.17, 15) is 9.18 Å². The van der Waals surface area contributed by atoms with Crippen LogP contribution in [0, 0.1) is 5.82 Å². The Hall–Kier alpha value is -0.610. The number of halogens is 3. The van der Waals surface area contributed by atoms with E-state index in [2.05, 4.69) is 15.9 Å². The highest BCUT2D eigenvalue weighted by Crippen LogP contribution is 2.23. The second-order valence-electron chi connectivity index (χ2n) is 2.41. The van der Waals surface area contributed by atoms with Crippen LogP contribution in [-0.4, -0.2) is 11.9 Å². The van der Waals surface area contributed by atoms with Crippen molar-refractivity contribution in [2.75, 3.05) is 11.9 Å². The number of hydrogen-bond donors (Lipinski definition) is 0. The minimum atomic E-state index is -0.486. The van der Waals surface area contributed by atoms with Crippen LogP contribution in [0.4, 0.5) is 14.9 Å². The summed E-state index contributed by atoms with van der Waals surface area (Å²) in [5.74, 6) is -0.486. The zero-order chi connectivity index (χ0) is 10.0. The topological polar surface area (TPSA) is 20.3 Å². The van der Waals surface area contributed by atoms with Gasteiger partial charge in [0.05, 0.1) is 5.69 Å². The highest BCUT2D eigenvalue weighted by molar-refractivity contribution is 9.18. The normalized spacial score (nSPS) is 9.85. The predicted octanol–water partition coefficient (Wildman–Crippen LogP) is 3.43. The van der Waals surface area contributed by atoms with Gasteiger partial charge in [0.1, 0.15) is 5.82 Å². The van der Waals surface area contributed by atoms with Crippen LogP contribution in [0.5, 0.6) is 0 Å². The second-order valence-corrected chi connectivity index (χ2v) is 3.52. The van der Waals surface area contributed by atoms with Crippen LogP contribution in [0.1, 0.15) is 0 Å². The average Bonchev–Trinajstić information content (AvgIpc) is 2.08. The largest absolute Gasteiger partial charge is 0.303 e. The summed E-state index contributed by atoms with van der Waals surface area (Å²) in [4.78, 5) is 11.5. The Labute approximate surface area is 88.4 Å². The van der Waals surface area contributed by atoms with Crippen LogP contribution in [0.15, 0.2) is 18.2 Å². The van der Waals surface area contributed by atoms with Crippen molar-refractivity contribution in [3.8, 4) is 0 Å². The molecule has 0 bridgehead atoms. The summed E-state index contributed by atoms with van der Waals surface area (Å²) >= 11 is 8.36. The number of hydrogen-bond acceptors (Lipinski definition) is 1. The van der Waals surface area contributed by atoms with Crippen molar-refractivity contribution >= 4 is 38.0 Å². The van der Waals surface area contributed by atoms with Gasteiger partial charge in [-0.2, -0.15) is 0 Å². The molecule has 0 fully saturated rings. The minimum absolute atomic E-state index is 0.148. The van der Waals surface area contributed by atoms with E-state index in [1.165, 1.54) is 25.2 Å². The summed E-state index contributed by atoms with van der Waals surface area (Å²) < 4.78 is 13.1. The lowest BCUT2D eigenvalue weighted by molar-refractivity contribution is 0.267. The molecule has 0 saturated heterocycles. The van der Waals surface area contributed by atoms with Crippen molar-refractivity contribution in [1.82, 2.24) is 0 Å². The molecule has 0 aromatic heterocycles. The quantitative estimate of drug-likeness (QED) is 0.563. The first-order chi connectivity index (χ1) is 6.02. The van der Waals surface area contributed by atoms with Crippen LogP contribution in [-0.2, 0) is 0 Å². The fourth-order valence-electron chi connectivity index (χ4n) is 0.838. The summed E-state index contributed by atoms with van der Waals surface area (Å²) in [5.41, 5.74) is 0.148. The van der Waals surface area contributed by atoms with Crippen LogP contribution < -0.4 is 4.90 Å². The molecule has 5 heteroatoms. The number of amides is 1. The third-order valence-electron chi connectivity index (χ3n) is 1.53. The van der Waals surface area contributed by atoms with Gasteiger partial charge in [-0.25, -0.2) is 4.39 Å². The first kappa shape index (κ1) is 10.5. The molecule has 0 aliphatic heterocycles. The molecule has 0 aliphatic carbocycles. The highest BCUT2D eigenvalue weighted by atomic mass is 79.9. The molecule has 1 rings (SSSR count). The molecule has 0 aliphatic rings. The highest BCUT2D eigenvalue weighted by Gasteiger charge is 2.12. The lowest BCUT2D eigenvalue weighted by atomic mass is 10.3. The standard InChI is InChI=1S/C8H6BrClFNO/c1-12(8(9)13)7-4-5(10)2-3-6(7)11/h2-4H,1H3. The zero-order valence-electron chi connectivity index (χ0n) is 6.72. The van der Waals surface area contributed by atoms with E-state index in [-0.39, 0.29) is 5.69 Å². The van der Waals surface area contributed by atoms with Gasteiger partial charge in [0.25, 0.3) is 4.82 Å². The van der Waals surface area contributed by atoms with E-state index in [1.807, 2.05) is 0 Å². The molecule has 0 N–H and O–H groups in total. The number of benzene rings is 1. The molecule has 1 aromatic carbocycles. The van der Waals surface area contributed by atoms with Crippen molar-refractivity contribution in [2.24, 2.45) is 0 Å². The van der Waals surface area contributed by atoms with Crippen molar-refractivity contribution < 1.29 is 9.18 Å². The van der Waals surface area contributed by atoms with Gasteiger partial charge >= 0.3 is 0 Å². The van der Waals surface area contributed by atoms with Crippen molar-refractivity contribution in [3.63, 3.8) is 0 Å². The second kappa shape index (κ2) is 4.07. The number of rotatable bonds is 1. The van der Waals surface area contributed by atoms with E-state index in [4.69, 9.17) is 11.6 Å². The Morgan fingerprint density at radius 3 is 2.77 bits per heavy atom. The third kappa shape index (κ3) is 2.42. The first-order valence-electron chi connectivity index (χ1n) is 3.40. The maximum Gasteiger partial charge on any atom is 0.293 e. The Kier molecular flexibility index (Phi) is 3.27. The van der Waals surface area contributed by atoms with E-state index in [0.29, 0.717) is 5.02 Å². The smallest absolute Gasteiger partial charge is 0.293 e. The summed E-state index contributed by atoms with van der Waals surface area (Å²) in [5, 5.41) is 0.386. The fourth-order valence-corrected chi connectivity index (χ4v) is 1.19. The predicted molar refractivity (Wildman–Crippen MR) is 54.1 cm³/mol. The van der Waals surface area contributed by atoms with E-state index < -0.39 is 10.6 Å². The van der Waals surface area contributed by atoms with E-state index in [1.54, 1.807) is 0 Å². The molecule has 1 aromatic rings. The number of carbonyl (C=O) groups is 1. The fraction of sp³-hybridized carbons (Fsp3) is 0.125. The Morgan fingerprint density at radius 2 is 2.23 bits per heavy atom. The monoisotopic (exact) mass is 265 g/mol. The molecular weight excluding hydrogens is 260 g/mol. The summed E-state index contributed by atoms with van der Waals surface area (Å²) in [6.45, 7) is 0. The lowest BCUT2D eigenvalue weighted by Gasteiger charge is -2.14. The van der Waals surface area contributed by atoms with E-state index in [0.717, 1.165) is 4.90 Å². The van der Waals surface area contributed by atoms with Crippen molar-refractivity contribution in [3.05, 3.63) is 29.0 Å². The summed E-state index contributed by atoms with van der Waals surface area (Å²) in [6, 6.07) is 4.02. The zero-order valence-corrected chi connectivity index (χ0v) is 9.06. The van der Waals surface area contributed by atoms with Crippen molar-refractivity contribution in [2.45, 2.75) is 0 Å². The maximum absolute atomic E-state index is 13.1. The van der Waals surface area contributed by atoms with Gasteiger partial charge in [-0.15, -0.1) is 0 Å². The molecule has 0 atom stereocenters. The lowest BCUT2D eigenvalue weighted by Crippen LogP contribution is -2.20. The van der Waals surface area contributed by atoms with Gasteiger partial charge in [0, 0.05) is 28.0 Å². The van der Waals surface area contributed by atoms with Gasteiger partial charge in [-0.3, -0.25) is 4.79 Å². The molecule has 13 heavy (non-hydrogen) atoms. The molecular formula is C8H6BrClFNO. The van der Waals surface area contributed by atoms with Crippen LogP contribution in [0.3, 0.4) is 0 Å². The average molecular weight is 266 g/mol. The number of anilines is 1. The maximum atomic E-state index is 13.1. The van der Waals surface area contributed by atoms with Crippen LogP contribution in [0.2, 0.25) is 5.02 Å². The third-order valence-corrected chi connectivity index (χ3v) is 2.30. The number of nitrogens with zero attached hydrogens (tertiary/aromatic N) is 1. The Morgan fingerprint density at radius 1 is 1.62 bits per heavy atom. The Balaban J connectivity index is 3.12. The molecule has 0 saturated carbocycles. The SMILES string of the molecule is CN(C(=O)Br)c1cc(Cl)ccc1F. The summed E-state index contributed by atoms with van der Waals surface area (Å²) in [7, 11) is 1.45. The van der Waals surface area contributed by atoms with Gasteiger partial charge in [-0.1, -0.05) is 11.6 Å². The molecule has 0 heterocycles. The van der Waals surface area contributed by atoms with Gasteiger partial charge < -0.3 is 4.90 Å². The van der Waals surface area contributed by atoms with Crippen LogP contribution in [0.25, 0.3) is 0 Å². The molecule has 0 radical (unpaired) electrons. The first-order valence-corrected chi connectivity index (χ1v) is 4.57. The molecule has 70 valence electrons. The Bertz CT molecular complexity index is 345.